The zero-order valence-electron chi connectivity index (χ0n) is 15.0. The van der Waals surface area contributed by atoms with Crippen LogP contribution in [0.3, 0.4) is 0 Å². The molecule has 0 saturated heterocycles. The van der Waals surface area contributed by atoms with Gasteiger partial charge in [-0.05, 0) is 48.2 Å². The van der Waals surface area contributed by atoms with E-state index in [-0.39, 0.29) is 17.1 Å². The van der Waals surface area contributed by atoms with E-state index in [1.807, 2.05) is 19.1 Å². The third-order valence-corrected chi connectivity index (χ3v) is 5.59. The Morgan fingerprint density at radius 3 is 2.29 bits per heavy atom. The number of phenols is 1. The number of carbonyl (C=O) groups excluding carboxylic acids is 2. The molecule has 5 nitrogen and oxygen atoms in total. The third-order valence-electron chi connectivity index (χ3n) is 4.72. The van der Waals surface area contributed by atoms with Gasteiger partial charge in [-0.25, -0.2) is 0 Å². The van der Waals surface area contributed by atoms with Gasteiger partial charge in [0, 0.05) is 5.69 Å². The molecule has 0 spiro atoms. The number of aliphatic hydroxyl groups excluding tert-OH is 1. The Kier molecular flexibility index (Phi) is 4.49. The molecule has 2 N–H and O–H groups in total. The molecule has 2 heterocycles. The first-order valence-electron chi connectivity index (χ1n) is 8.68. The minimum Gasteiger partial charge on any atom is -0.508 e. The number of aliphatic hydroxyl groups is 1. The molecule has 0 aliphatic carbocycles. The summed E-state index contributed by atoms with van der Waals surface area (Å²) in [6.45, 7) is 1.94. The summed E-state index contributed by atoms with van der Waals surface area (Å²) in [6, 6.07) is 16.2. The number of aromatic hydroxyl groups is 1. The van der Waals surface area contributed by atoms with Crippen molar-refractivity contribution in [3.63, 3.8) is 0 Å². The van der Waals surface area contributed by atoms with Crippen LogP contribution < -0.4 is 4.90 Å². The molecular formula is C22H17NO4S. The Bertz CT molecular complexity index is 1070. The maximum absolute atomic E-state index is 13.1. The quantitative estimate of drug-likeness (QED) is 0.640. The van der Waals surface area contributed by atoms with Crippen molar-refractivity contribution in [2.24, 2.45) is 0 Å². The predicted octanol–water partition coefficient (Wildman–Crippen LogP) is 4.55. The van der Waals surface area contributed by atoms with Gasteiger partial charge in [-0.1, -0.05) is 35.9 Å². The van der Waals surface area contributed by atoms with Gasteiger partial charge >= 0.3 is 0 Å². The lowest BCUT2D eigenvalue weighted by molar-refractivity contribution is -0.117. The molecule has 1 aliphatic heterocycles. The van der Waals surface area contributed by atoms with Crippen molar-refractivity contribution in [3.8, 4) is 5.75 Å². The highest BCUT2D eigenvalue weighted by Crippen LogP contribution is 2.42. The van der Waals surface area contributed by atoms with E-state index in [1.165, 1.54) is 28.4 Å². The number of rotatable bonds is 4. The number of Topliss-reactive ketones (excluding diaryl/α,β-unsaturated/α-hetero) is 1. The monoisotopic (exact) mass is 391 g/mol. The van der Waals surface area contributed by atoms with Crippen LogP contribution in [0.15, 0.2) is 77.4 Å². The van der Waals surface area contributed by atoms with Crippen LogP contribution in [0.25, 0.3) is 0 Å². The highest BCUT2D eigenvalue weighted by atomic mass is 32.1. The second-order valence-corrected chi connectivity index (χ2v) is 7.52. The van der Waals surface area contributed by atoms with Gasteiger partial charge in [-0.3, -0.25) is 14.5 Å². The standard InChI is InChI=1S/C22H17NO4S/c1-13-4-8-15(9-5-13)23-19(14-6-10-16(24)11-7-14)18(21(26)22(23)27)20(25)17-3-2-12-28-17/h2-12,19,24,26H,1H3. The lowest BCUT2D eigenvalue weighted by atomic mass is 9.95. The molecule has 3 aromatic rings. The first kappa shape index (κ1) is 18.0. The van der Waals surface area contributed by atoms with E-state index in [9.17, 15) is 19.8 Å². The van der Waals surface area contributed by atoms with Crippen LogP contribution in [-0.2, 0) is 4.79 Å². The zero-order valence-corrected chi connectivity index (χ0v) is 15.8. The Morgan fingerprint density at radius 2 is 1.68 bits per heavy atom. The number of benzene rings is 2. The SMILES string of the molecule is Cc1ccc(N2C(=O)C(O)=C(C(=O)c3cccs3)C2c2ccc(O)cc2)cc1. The summed E-state index contributed by atoms with van der Waals surface area (Å²) in [5, 5.41) is 22.0. The summed E-state index contributed by atoms with van der Waals surface area (Å²) in [4.78, 5) is 27.9. The molecule has 2 aromatic carbocycles. The lowest BCUT2D eigenvalue weighted by Crippen LogP contribution is -2.31. The highest BCUT2D eigenvalue weighted by molar-refractivity contribution is 7.12. The van der Waals surface area contributed by atoms with Crippen LogP contribution in [0.1, 0.15) is 26.8 Å². The first-order chi connectivity index (χ1) is 13.5. The molecule has 0 radical (unpaired) electrons. The van der Waals surface area contributed by atoms with Gasteiger partial charge in [0.15, 0.2) is 5.76 Å². The van der Waals surface area contributed by atoms with Gasteiger partial charge in [-0.2, -0.15) is 0 Å². The van der Waals surface area contributed by atoms with Crippen LogP contribution in [-0.4, -0.2) is 21.9 Å². The van der Waals surface area contributed by atoms with Crippen molar-refractivity contribution in [1.29, 1.82) is 0 Å². The number of thiophene rings is 1. The van der Waals surface area contributed by atoms with Crippen LogP contribution in [0, 0.1) is 6.92 Å². The van der Waals surface area contributed by atoms with E-state index < -0.39 is 17.7 Å². The molecule has 0 saturated carbocycles. The van der Waals surface area contributed by atoms with Crippen LogP contribution in [0.4, 0.5) is 5.69 Å². The van der Waals surface area contributed by atoms with Crippen molar-refractivity contribution in [1.82, 2.24) is 0 Å². The van der Waals surface area contributed by atoms with E-state index in [0.29, 0.717) is 16.1 Å². The van der Waals surface area contributed by atoms with Crippen LogP contribution in [0.2, 0.25) is 0 Å². The second-order valence-electron chi connectivity index (χ2n) is 6.57. The van der Waals surface area contributed by atoms with Gasteiger partial charge < -0.3 is 10.2 Å². The van der Waals surface area contributed by atoms with E-state index in [0.717, 1.165) is 5.56 Å². The molecule has 4 rings (SSSR count). The average molecular weight is 391 g/mol. The minimum atomic E-state index is -0.787. The van der Waals surface area contributed by atoms with Crippen molar-refractivity contribution in [2.75, 3.05) is 4.90 Å². The van der Waals surface area contributed by atoms with Crippen LogP contribution >= 0.6 is 11.3 Å². The Morgan fingerprint density at radius 1 is 1.00 bits per heavy atom. The van der Waals surface area contributed by atoms with Crippen molar-refractivity contribution < 1.29 is 19.8 Å². The average Bonchev–Trinajstić information content (AvgIpc) is 3.31. The number of phenolic OH excluding ortho intramolecular Hbond substituents is 1. The molecular weight excluding hydrogens is 374 g/mol. The predicted molar refractivity (Wildman–Crippen MR) is 108 cm³/mol. The topological polar surface area (TPSA) is 77.8 Å². The fraction of sp³-hybridized carbons (Fsp3) is 0.0909. The summed E-state index contributed by atoms with van der Waals surface area (Å²) in [5.41, 5.74) is 2.27. The number of hydrogen-bond donors (Lipinski definition) is 2. The second kappa shape index (κ2) is 6.98. The molecule has 1 atom stereocenters. The van der Waals surface area contributed by atoms with E-state index in [4.69, 9.17) is 0 Å². The smallest absolute Gasteiger partial charge is 0.294 e. The van der Waals surface area contributed by atoms with Crippen molar-refractivity contribution in [2.45, 2.75) is 13.0 Å². The van der Waals surface area contributed by atoms with Crippen molar-refractivity contribution in [3.05, 3.63) is 93.4 Å². The fourth-order valence-corrected chi connectivity index (χ4v) is 4.00. The number of amides is 1. The van der Waals surface area contributed by atoms with Crippen LogP contribution in [0.5, 0.6) is 5.75 Å². The largest absolute Gasteiger partial charge is 0.508 e. The molecule has 140 valence electrons. The molecule has 1 amide bonds. The fourth-order valence-electron chi connectivity index (χ4n) is 3.32. The van der Waals surface area contributed by atoms with Gasteiger partial charge in [0.05, 0.1) is 16.5 Å². The number of aryl methyl sites for hydroxylation is 1. The summed E-state index contributed by atoms with van der Waals surface area (Å²) < 4.78 is 0. The summed E-state index contributed by atoms with van der Waals surface area (Å²) >= 11 is 1.26. The summed E-state index contributed by atoms with van der Waals surface area (Å²) in [5.74, 6) is -1.47. The molecule has 1 aromatic heterocycles. The van der Waals surface area contributed by atoms with E-state index in [1.54, 1.807) is 41.8 Å². The Balaban J connectivity index is 1.88. The molecule has 0 bridgehead atoms. The Hall–Kier alpha value is -3.38. The normalized spacial score (nSPS) is 16.7. The Labute approximate surface area is 165 Å². The summed E-state index contributed by atoms with van der Waals surface area (Å²) in [7, 11) is 0. The first-order valence-corrected chi connectivity index (χ1v) is 9.56. The zero-order chi connectivity index (χ0) is 19.8. The maximum atomic E-state index is 13.1. The lowest BCUT2D eigenvalue weighted by Gasteiger charge is -2.27. The summed E-state index contributed by atoms with van der Waals surface area (Å²) in [6.07, 6.45) is 0. The third kappa shape index (κ3) is 2.97. The number of anilines is 1. The van der Waals surface area contributed by atoms with E-state index in [2.05, 4.69) is 0 Å². The van der Waals surface area contributed by atoms with Gasteiger partial charge in [0.1, 0.15) is 5.75 Å². The number of ketones is 1. The van der Waals surface area contributed by atoms with Crippen molar-refractivity contribution >= 4 is 28.7 Å². The molecule has 6 heteroatoms. The molecule has 28 heavy (non-hydrogen) atoms. The van der Waals surface area contributed by atoms with Gasteiger partial charge in [0.2, 0.25) is 5.78 Å². The molecule has 0 fully saturated rings. The minimum absolute atomic E-state index is 0.0405. The number of nitrogens with zero attached hydrogens (tertiary/aromatic N) is 1. The number of carbonyl (C=O) groups is 2. The molecule has 1 unspecified atom stereocenters. The van der Waals surface area contributed by atoms with Gasteiger partial charge in [0.25, 0.3) is 5.91 Å². The molecule has 1 aliphatic rings. The number of hydrogen-bond acceptors (Lipinski definition) is 5. The highest BCUT2D eigenvalue weighted by Gasteiger charge is 2.44. The van der Waals surface area contributed by atoms with E-state index >= 15 is 0 Å². The van der Waals surface area contributed by atoms with Gasteiger partial charge in [-0.15, -0.1) is 11.3 Å². The maximum Gasteiger partial charge on any atom is 0.294 e.